The number of nitrogens with two attached hydrogens (primary N) is 1. The molecule has 6 heteroatoms. The van der Waals surface area contributed by atoms with E-state index >= 15 is 0 Å². The topological polar surface area (TPSA) is 71.2 Å². The number of ether oxygens (including phenoxy) is 2. The lowest BCUT2D eigenvalue weighted by atomic mass is 9.99. The predicted molar refractivity (Wildman–Crippen MR) is 166 cm³/mol. The van der Waals surface area contributed by atoms with Crippen LogP contribution in [0.25, 0.3) is 11.1 Å². The highest BCUT2D eigenvalue weighted by Crippen LogP contribution is 2.38. The molecule has 0 bridgehead atoms. The zero-order valence-electron chi connectivity index (χ0n) is 24.1. The number of aliphatic hydroxyl groups is 1. The van der Waals surface area contributed by atoms with Crippen LogP contribution in [0.4, 0.5) is 0 Å². The Hall–Kier alpha value is -3.36. The van der Waals surface area contributed by atoms with Gasteiger partial charge < -0.3 is 20.3 Å². The van der Waals surface area contributed by atoms with E-state index in [-0.39, 0.29) is 18.8 Å². The maximum atomic E-state index is 9.52. The smallest absolute Gasteiger partial charge is 0.184 e. The molecular weight excluding hydrogens is 522 g/mol. The van der Waals surface area contributed by atoms with E-state index < -0.39 is 6.29 Å². The van der Waals surface area contributed by atoms with Crippen LogP contribution < -0.4 is 5.73 Å². The minimum atomic E-state index is -0.449. The van der Waals surface area contributed by atoms with Gasteiger partial charge in [0, 0.05) is 57.8 Å². The van der Waals surface area contributed by atoms with Gasteiger partial charge in [0.25, 0.3) is 0 Å². The molecule has 0 aliphatic carbocycles. The molecule has 0 unspecified atom stereocenters. The molecule has 0 saturated carbocycles. The number of rotatable bonds is 9. The van der Waals surface area contributed by atoms with E-state index in [4.69, 9.17) is 15.2 Å². The Bertz CT molecular complexity index is 1400. The zero-order valence-corrected chi connectivity index (χ0v) is 24.1. The van der Waals surface area contributed by atoms with E-state index in [1.165, 1.54) is 5.56 Å². The fourth-order valence-corrected chi connectivity index (χ4v) is 6.00. The van der Waals surface area contributed by atoms with Crippen molar-refractivity contribution < 1.29 is 14.6 Å². The Morgan fingerprint density at radius 3 is 2.07 bits per heavy atom. The van der Waals surface area contributed by atoms with Crippen LogP contribution in [0, 0.1) is 0 Å². The van der Waals surface area contributed by atoms with Gasteiger partial charge in [0.05, 0.1) is 18.8 Å². The maximum absolute atomic E-state index is 9.52. The van der Waals surface area contributed by atoms with Crippen molar-refractivity contribution in [3.63, 3.8) is 0 Å². The summed E-state index contributed by atoms with van der Waals surface area (Å²) in [6.07, 6.45) is 0.313. The molecule has 0 radical (unpaired) electrons. The Kier molecular flexibility index (Phi) is 9.41. The molecule has 2 fully saturated rings. The van der Waals surface area contributed by atoms with Gasteiger partial charge in [0.1, 0.15) is 0 Å². The summed E-state index contributed by atoms with van der Waals surface area (Å²) in [4.78, 5) is 5.07. The number of hydrogen-bond acceptors (Lipinski definition) is 6. The Balaban J connectivity index is 1.14. The summed E-state index contributed by atoms with van der Waals surface area (Å²) in [5, 5.41) is 9.52. The first-order valence-corrected chi connectivity index (χ1v) is 15.1. The highest BCUT2D eigenvalue weighted by molar-refractivity contribution is 5.64. The third-order valence-corrected chi connectivity index (χ3v) is 8.47. The summed E-state index contributed by atoms with van der Waals surface area (Å²) in [5.74, 6) is 0. The molecule has 0 aromatic heterocycles. The quantitative estimate of drug-likeness (QED) is 0.274. The molecule has 0 spiro atoms. The van der Waals surface area contributed by atoms with Crippen LogP contribution in [0.1, 0.15) is 46.6 Å². The molecule has 3 atom stereocenters. The molecule has 4 aromatic rings. The lowest BCUT2D eigenvalue weighted by molar-refractivity contribution is -0.253. The SMILES string of the molecule is NCc1cccc(-c2ccc([C@H]3O[C@@H](CN4CCN(Cc5ccccc5)CC4)C[C@@H](c4ccc(CO)cc4)O3)cc2)c1. The normalized spacial score (nSPS) is 21.8. The third kappa shape index (κ3) is 7.16. The molecule has 6 rings (SSSR count). The summed E-state index contributed by atoms with van der Waals surface area (Å²) >= 11 is 0. The summed E-state index contributed by atoms with van der Waals surface area (Å²) in [6, 6.07) is 35.7. The second kappa shape index (κ2) is 13.7. The van der Waals surface area contributed by atoms with E-state index in [9.17, 15) is 5.11 Å². The van der Waals surface area contributed by atoms with Crippen molar-refractivity contribution in [3.05, 3.63) is 131 Å². The van der Waals surface area contributed by atoms with Crippen molar-refractivity contribution in [2.45, 2.75) is 44.6 Å². The fourth-order valence-electron chi connectivity index (χ4n) is 6.00. The molecule has 218 valence electrons. The second-order valence-corrected chi connectivity index (χ2v) is 11.4. The number of aliphatic hydroxyl groups excluding tert-OH is 1. The summed E-state index contributed by atoms with van der Waals surface area (Å²) < 4.78 is 13.2. The van der Waals surface area contributed by atoms with Crippen LogP contribution in [-0.2, 0) is 29.2 Å². The van der Waals surface area contributed by atoms with E-state index in [0.29, 0.717) is 6.54 Å². The number of hydrogen-bond donors (Lipinski definition) is 2. The van der Waals surface area contributed by atoms with Crippen LogP contribution in [0.2, 0.25) is 0 Å². The van der Waals surface area contributed by atoms with Gasteiger partial charge >= 0.3 is 0 Å². The second-order valence-electron chi connectivity index (χ2n) is 11.4. The van der Waals surface area contributed by atoms with Gasteiger partial charge in [0.2, 0.25) is 0 Å². The van der Waals surface area contributed by atoms with Crippen LogP contribution in [0.5, 0.6) is 0 Å². The highest BCUT2D eigenvalue weighted by atomic mass is 16.7. The van der Waals surface area contributed by atoms with Gasteiger partial charge in [-0.2, -0.15) is 0 Å². The third-order valence-electron chi connectivity index (χ3n) is 8.47. The highest BCUT2D eigenvalue weighted by Gasteiger charge is 2.33. The predicted octanol–water partition coefficient (Wildman–Crippen LogP) is 5.67. The molecule has 3 N–H and O–H groups in total. The first-order valence-electron chi connectivity index (χ1n) is 15.1. The van der Waals surface area contributed by atoms with Crippen molar-refractivity contribution in [2.75, 3.05) is 32.7 Å². The Labute approximate surface area is 249 Å². The lowest BCUT2D eigenvalue weighted by Gasteiger charge is -2.40. The van der Waals surface area contributed by atoms with Crippen LogP contribution >= 0.6 is 0 Å². The molecule has 2 saturated heterocycles. The summed E-state index contributed by atoms with van der Waals surface area (Å²) in [5.41, 5.74) is 13.7. The monoisotopic (exact) mass is 563 g/mol. The van der Waals surface area contributed by atoms with Crippen molar-refractivity contribution in [3.8, 4) is 11.1 Å². The van der Waals surface area contributed by atoms with Crippen LogP contribution in [0.3, 0.4) is 0 Å². The molecule has 2 aliphatic rings. The van der Waals surface area contributed by atoms with E-state index in [0.717, 1.165) is 79.1 Å². The summed E-state index contributed by atoms with van der Waals surface area (Å²) in [7, 11) is 0. The average Bonchev–Trinajstić information content (AvgIpc) is 3.06. The minimum Gasteiger partial charge on any atom is -0.392 e. The maximum Gasteiger partial charge on any atom is 0.184 e. The van der Waals surface area contributed by atoms with Gasteiger partial charge in [-0.15, -0.1) is 0 Å². The Morgan fingerprint density at radius 1 is 0.667 bits per heavy atom. The lowest BCUT2D eigenvalue weighted by Crippen LogP contribution is -2.49. The van der Waals surface area contributed by atoms with Crippen molar-refractivity contribution >= 4 is 0 Å². The molecule has 42 heavy (non-hydrogen) atoms. The average molecular weight is 564 g/mol. The molecular formula is C36H41N3O3. The molecule has 4 aromatic carbocycles. The first kappa shape index (κ1) is 28.7. The molecule has 0 amide bonds. The largest absolute Gasteiger partial charge is 0.392 e. The van der Waals surface area contributed by atoms with Crippen molar-refractivity contribution in [1.82, 2.24) is 9.80 Å². The van der Waals surface area contributed by atoms with Gasteiger partial charge in [0.15, 0.2) is 6.29 Å². The van der Waals surface area contributed by atoms with Crippen molar-refractivity contribution in [1.29, 1.82) is 0 Å². The number of piperazine rings is 1. The molecule has 6 nitrogen and oxygen atoms in total. The Morgan fingerprint density at radius 2 is 1.36 bits per heavy atom. The summed E-state index contributed by atoms with van der Waals surface area (Å²) in [6.45, 7) is 6.63. The fraction of sp³-hybridized carbons (Fsp3) is 0.333. The van der Waals surface area contributed by atoms with Gasteiger partial charge in [-0.25, -0.2) is 0 Å². The van der Waals surface area contributed by atoms with E-state index in [1.807, 2.05) is 12.1 Å². The van der Waals surface area contributed by atoms with E-state index in [2.05, 4.69) is 101 Å². The molecule has 2 aliphatic heterocycles. The van der Waals surface area contributed by atoms with Crippen LogP contribution in [0.15, 0.2) is 103 Å². The number of benzene rings is 4. The molecule has 2 heterocycles. The zero-order chi connectivity index (χ0) is 28.7. The van der Waals surface area contributed by atoms with Gasteiger partial charge in [-0.3, -0.25) is 9.80 Å². The van der Waals surface area contributed by atoms with Gasteiger partial charge in [-0.1, -0.05) is 97.1 Å². The first-order chi connectivity index (χ1) is 20.7. The minimum absolute atomic E-state index is 0.0386. The van der Waals surface area contributed by atoms with Crippen LogP contribution in [-0.4, -0.2) is 53.7 Å². The number of nitrogens with zero attached hydrogens (tertiary/aromatic N) is 2. The van der Waals surface area contributed by atoms with E-state index in [1.54, 1.807) is 0 Å². The van der Waals surface area contributed by atoms with Gasteiger partial charge in [-0.05, 0) is 39.4 Å². The van der Waals surface area contributed by atoms with Crippen molar-refractivity contribution in [2.24, 2.45) is 5.73 Å². The standard InChI is InChI=1S/C36H41N3O3/c37-23-29-7-4-8-33(21-29)30-13-15-32(16-14-30)36-41-34(22-35(42-36)31-11-9-28(26-40)10-12-31)25-39-19-17-38(18-20-39)24-27-5-2-1-3-6-27/h1-16,21,34-36,40H,17-20,22-26,37H2/t34-,35+,36+/m1/s1.